The zero-order valence-electron chi connectivity index (χ0n) is 20.5. The number of hydrogen-bond donors (Lipinski definition) is 1. The topological polar surface area (TPSA) is 105 Å². The van der Waals surface area contributed by atoms with Crippen molar-refractivity contribution in [3.63, 3.8) is 0 Å². The maximum atomic E-state index is 13.1. The van der Waals surface area contributed by atoms with Crippen molar-refractivity contribution in [2.24, 2.45) is 0 Å². The number of benzene rings is 3. The summed E-state index contributed by atoms with van der Waals surface area (Å²) in [5.74, 6) is -1.05. The van der Waals surface area contributed by atoms with Crippen LogP contribution in [0.1, 0.15) is 34.3 Å². The Morgan fingerprint density at radius 3 is 2.18 bits per heavy atom. The van der Waals surface area contributed by atoms with Gasteiger partial charge >= 0.3 is 17.8 Å². The van der Waals surface area contributed by atoms with Gasteiger partial charge in [-0.2, -0.15) is 0 Å². The summed E-state index contributed by atoms with van der Waals surface area (Å²) in [7, 11) is 1.44. The van der Waals surface area contributed by atoms with Crippen LogP contribution < -0.4 is 14.8 Å². The van der Waals surface area contributed by atoms with Gasteiger partial charge in [-0.05, 0) is 72.5 Å². The van der Waals surface area contributed by atoms with E-state index in [0.717, 1.165) is 15.4 Å². The summed E-state index contributed by atoms with van der Waals surface area (Å²) >= 11 is 0. The molecule has 38 heavy (non-hydrogen) atoms. The summed E-state index contributed by atoms with van der Waals surface area (Å²) < 4.78 is 24.1. The third-order valence-corrected chi connectivity index (χ3v) is 6.27. The van der Waals surface area contributed by atoms with Gasteiger partial charge in [-0.1, -0.05) is 18.2 Å². The van der Waals surface area contributed by atoms with E-state index in [4.69, 9.17) is 9.47 Å². The van der Waals surface area contributed by atoms with Gasteiger partial charge in [0.05, 0.1) is 19.2 Å². The van der Waals surface area contributed by atoms with E-state index in [1.807, 2.05) is 0 Å². The Morgan fingerprint density at radius 2 is 1.55 bits per heavy atom. The van der Waals surface area contributed by atoms with Crippen molar-refractivity contribution in [1.82, 2.24) is 15.1 Å². The van der Waals surface area contributed by atoms with Crippen LogP contribution in [0, 0.1) is 5.82 Å². The summed E-state index contributed by atoms with van der Waals surface area (Å²) in [6, 6.07) is 16.7. The molecule has 1 N–H and O–H groups in total. The second kappa shape index (κ2) is 10.3. The number of imide groups is 2. The summed E-state index contributed by atoms with van der Waals surface area (Å²) in [6.07, 6.45) is 1.41. The maximum absolute atomic E-state index is 13.1. The van der Waals surface area contributed by atoms with E-state index in [-0.39, 0.29) is 30.5 Å². The Kier molecular flexibility index (Phi) is 6.78. The molecule has 5 amide bonds. The van der Waals surface area contributed by atoms with Crippen molar-refractivity contribution in [1.29, 1.82) is 0 Å². The standard InChI is InChI=1S/C28H24FN3O6/c1-37-24-13-4-18(16-31-26(34)27(35)32(28(31)36)20-7-8-20)14-23(24)25(33)30-15-17-2-9-21(10-3-17)38-22-11-5-19(29)6-12-22/h2-6,9-14,20H,7-8,15-16H2,1H3,(H,30,33). The number of carbonyl (C=O) groups excluding carboxylic acids is 4. The smallest absolute Gasteiger partial charge is 0.334 e. The molecule has 9 nitrogen and oxygen atoms in total. The van der Waals surface area contributed by atoms with Crippen molar-refractivity contribution >= 4 is 23.8 Å². The van der Waals surface area contributed by atoms with E-state index >= 15 is 0 Å². The molecule has 3 aromatic rings. The first-order valence-electron chi connectivity index (χ1n) is 12.0. The molecular weight excluding hydrogens is 493 g/mol. The zero-order valence-corrected chi connectivity index (χ0v) is 20.5. The number of nitrogens with one attached hydrogen (secondary N) is 1. The van der Waals surface area contributed by atoms with Crippen LogP contribution in [0.15, 0.2) is 66.7 Å². The molecule has 1 saturated heterocycles. The predicted octanol–water partition coefficient (Wildman–Crippen LogP) is 4.01. The number of ether oxygens (including phenoxy) is 2. The molecule has 0 spiro atoms. The molecular formula is C28H24FN3O6. The van der Waals surface area contributed by atoms with Crippen LogP contribution in [0.5, 0.6) is 17.2 Å². The first-order chi connectivity index (χ1) is 18.3. The minimum atomic E-state index is -0.865. The van der Waals surface area contributed by atoms with Gasteiger partial charge in [-0.3, -0.25) is 24.2 Å². The Hall–Kier alpha value is -4.73. The lowest BCUT2D eigenvalue weighted by Crippen LogP contribution is -2.34. The number of methoxy groups -OCH3 is 1. The molecule has 0 unspecified atom stereocenters. The fourth-order valence-corrected chi connectivity index (χ4v) is 4.12. The highest BCUT2D eigenvalue weighted by molar-refractivity contribution is 6.44. The van der Waals surface area contributed by atoms with E-state index in [2.05, 4.69) is 5.32 Å². The van der Waals surface area contributed by atoms with Gasteiger partial charge in [-0.15, -0.1) is 0 Å². The molecule has 0 bridgehead atoms. The first kappa shape index (κ1) is 24.9. The van der Waals surface area contributed by atoms with Crippen molar-refractivity contribution in [2.75, 3.05) is 7.11 Å². The summed E-state index contributed by atoms with van der Waals surface area (Å²) in [4.78, 5) is 52.2. The van der Waals surface area contributed by atoms with Crippen LogP contribution in [-0.4, -0.2) is 46.7 Å². The van der Waals surface area contributed by atoms with Crippen LogP contribution in [-0.2, 0) is 22.7 Å². The van der Waals surface area contributed by atoms with Crippen LogP contribution in [0.3, 0.4) is 0 Å². The van der Waals surface area contributed by atoms with E-state index in [1.54, 1.807) is 42.5 Å². The van der Waals surface area contributed by atoms with E-state index in [1.165, 1.54) is 31.4 Å². The van der Waals surface area contributed by atoms with Gasteiger partial charge in [0.25, 0.3) is 5.91 Å². The quantitative estimate of drug-likeness (QED) is 0.340. The summed E-state index contributed by atoms with van der Waals surface area (Å²) in [6.45, 7) is 0.0867. The fraction of sp³-hybridized carbons (Fsp3) is 0.214. The molecule has 1 aliphatic heterocycles. The second-order valence-corrected chi connectivity index (χ2v) is 9.00. The Bertz CT molecular complexity index is 1400. The minimum Gasteiger partial charge on any atom is -0.496 e. The first-order valence-corrected chi connectivity index (χ1v) is 12.0. The highest BCUT2D eigenvalue weighted by Gasteiger charge is 2.50. The van der Waals surface area contributed by atoms with Gasteiger partial charge in [0.15, 0.2) is 0 Å². The predicted molar refractivity (Wildman–Crippen MR) is 133 cm³/mol. The van der Waals surface area contributed by atoms with E-state index in [9.17, 15) is 23.6 Å². The van der Waals surface area contributed by atoms with Crippen LogP contribution >= 0.6 is 0 Å². The Labute approximate surface area is 217 Å². The van der Waals surface area contributed by atoms with Gasteiger partial charge < -0.3 is 14.8 Å². The molecule has 1 heterocycles. The molecule has 3 aromatic carbocycles. The highest BCUT2D eigenvalue weighted by Crippen LogP contribution is 2.32. The molecule has 0 atom stereocenters. The molecule has 0 radical (unpaired) electrons. The van der Waals surface area contributed by atoms with Gasteiger partial charge in [-0.25, -0.2) is 9.18 Å². The van der Waals surface area contributed by atoms with E-state index < -0.39 is 23.8 Å². The van der Waals surface area contributed by atoms with Crippen molar-refractivity contribution in [3.05, 3.63) is 89.2 Å². The molecule has 2 fully saturated rings. The molecule has 1 saturated carbocycles. The Morgan fingerprint density at radius 1 is 0.921 bits per heavy atom. The number of halogens is 1. The third kappa shape index (κ3) is 5.19. The highest BCUT2D eigenvalue weighted by atomic mass is 19.1. The monoisotopic (exact) mass is 517 g/mol. The molecule has 2 aliphatic rings. The number of nitrogens with zero attached hydrogens (tertiary/aromatic N) is 2. The number of hydrogen-bond acceptors (Lipinski definition) is 6. The van der Waals surface area contributed by atoms with Crippen molar-refractivity contribution < 1.29 is 33.0 Å². The molecule has 10 heteroatoms. The summed E-state index contributed by atoms with van der Waals surface area (Å²) in [5, 5.41) is 2.83. The average molecular weight is 518 g/mol. The van der Waals surface area contributed by atoms with Gasteiger partial charge in [0, 0.05) is 12.6 Å². The minimum absolute atomic E-state index is 0.133. The van der Waals surface area contributed by atoms with Gasteiger partial charge in [0.2, 0.25) is 0 Å². The zero-order chi connectivity index (χ0) is 26.8. The third-order valence-electron chi connectivity index (χ3n) is 6.27. The fourth-order valence-electron chi connectivity index (χ4n) is 4.12. The van der Waals surface area contributed by atoms with Gasteiger partial charge in [0.1, 0.15) is 23.1 Å². The number of urea groups is 1. The lowest BCUT2D eigenvalue weighted by molar-refractivity contribution is -0.143. The number of rotatable bonds is 9. The van der Waals surface area contributed by atoms with Crippen molar-refractivity contribution in [3.8, 4) is 17.2 Å². The lowest BCUT2D eigenvalue weighted by Gasteiger charge is -2.16. The Balaban J connectivity index is 1.23. The number of carbonyl (C=O) groups is 4. The molecule has 5 rings (SSSR count). The van der Waals surface area contributed by atoms with E-state index in [0.29, 0.717) is 35.7 Å². The van der Waals surface area contributed by atoms with Crippen LogP contribution in [0.2, 0.25) is 0 Å². The summed E-state index contributed by atoms with van der Waals surface area (Å²) in [5.41, 5.74) is 1.54. The maximum Gasteiger partial charge on any atom is 0.334 e. The molecule has 1 aliphatic carbocycles. The van der Waals surface area contributed by atoms with Crippen LogP contribution in [0.25, 0.3) is 0 Å². The number of amides is 5. The normalized spacial score (nSPS) is 15.2. The molecule has 194 valence electrons. The lowest BCUT2D eigenvalue weighted by atomic mass is 10.1. The largest absolute Gasteiger partial charge is 0.496 e. The second-order valence-electron chi connectivity index (χ2n) is 9.00. The van der Waals surface area contributed by atoms with Crippen LogP contribution in [0.4, 0.5) is 9.18 Å². The average Bonchev–Trinajstić information content (AvgIpc) is 3.74. The SMILES string of the molecule is COc1ccc(CN2C(=O)C(=O)N(C3CC3)C2=O)cc1C(=O)NCc1ccc(Oc2ccc(F)cc2)cc1. The van der Waals surface area contributed by atoms with Crippen molar-refractivity contribution in [2.45, 2.75) is 32.0 Å². The molecule has 0 aromatic heterocycles.